The number of carbonyl (C=O) groups is 1. The van der Waals surface area contributed by atoms with Gasteiger partial charge >= 0.3 is 0 Å². The summed E-state index contributed by atoms with van der Waals surface area (Å²) in [5, 5.41) is 13.6. The molecule has 0 unspecified atom stereocenters. The van der Waals surface area contributed by atoms with Gasteiger partial charge in [0, 0.05) is 5.56 Å². The Labute approximate surface area is 126 Å². The Balaban J connectivity index is 2.25. The van der Waals surface area contributed by atoms with E-state index >= 15 is 0 Å². The molecule has 0 aliphatic rings. The van der Waals surface area contributed by atoms with Gasteiger partial charge in [-0.1, -0.05) is 19.1 Å². The molecule has 0 fully saturated rings. The highest BCUT2D eigenvalue weighted by atomic mass is 19.1. The van der Waals surface area contributed by atoms with Crippen molar-refractivity contribution in [2.45, 2.75) is 13.3 Å². The predicted octanol–water partition coefficient (Wildman–Crippen LogP) is 3.21. The summed E-state index contributed by atoms with van der Waals surface area (Å²) in [4.78, 5) is 11.9. The van der Waals surface area contributed by atoms with E-state index in [0.29, 0.717) is 6.42 Å². The van der Waals surface area contributed by atoms with E-state index in [4.69, 9.17) is 0 Å². The standard InChI is InChI=1S/C16H14F2N2O2/c1-2-14(12-9-10(17)7-8-15(12)21)19-20-16(22)11-5-3-4-6-13(11)18/h3-9,21H,2H2,1H3,(H,20,22)/b19-14+. The third-order valence-electron chi connectivity index (χ3n) is 3.02. The maximum atomic E-state index is 13.5. The zero-order valence-corrected chi connectivity index (χ0v) is 11.8. The highest BCUT2D eigenvalue weighted by molar-refractivity contribution is 6.04. The fourth-order valence-corrected chi connectivity index (χ4v) is 1.89. The number of halogens is 2. The van der Waals surface area contributed by atoms with Crippen molar-refractivity contribution in [1.82, 2.24) is 5.43 Å². The Morgan fingerprint density at radius 1 is 1.18 bits per heavy atom. The molecule has 2 aromatic rings. The van der Waals surface area contributed by atoms with Crippen molar-refractivity contribution in [2.24, 2.45) is 5.10 Å². The first kappa shape index (κ1) is 15.6. The molecule has 0 aromatic heterocycles. The quantitative estimate of drug-likeness (QED) is 0.673. The molecule has 0 heterocycles. The fourth-order valence-electron chi connectivity index (χ4n) is 1.89. The van der Waals surface area contributed by atoms with E-state index in [1.54, 1.807) is 6.92 Å². The van der Waals surface area contributed by atoms with Gasteiger partial charge in [-0.3, -0.25) is 4.79 Å². The largest absolute Gasteiger partial charge is 0.507 e. The number of hydrogen-bond acceptors (Lipinski definition) is 3. The van der Waals surface area contributed by atoms with Crippen molar-refractivity contribution in [3.63, 3.8) is 0 Å². The molecule has 0 bridgehead atoms. The molecule has 6 heteroatoms. The second kappa shape index (κ2) is 6.80. The number of amides is 1. The number of nitrogens with zero attached hydrogens (tertiary/aromatic N) is 1. The van der Waals surface area contributed by atoms with Crippen LogP contribution in [0.1, 0.15) is 29.3 Å². The average Bonchev–Trinajstić information content (AvgIpc) is 2.51. The van der Waals surface area contributed by atoms with Crippen LogP contribution in [0, 0.1) is 11.6 Å². The summed E-state index contributed by atoms with van der Waals surface area (Å²) in [5.74, 6) is -2.07. The van der Waals surface area contributed by atoms with Crippen LogP contribution >= 0.6 is 0 Å². The van der Waals surface area contributed by atoms with Gasteiger partial charge in [-0.05, 0) is 36.8 Å². The fraction of sp³-hybridized carbons (Fsp3) is 0.125. The predicted molar refractivity (Wildman–Crippen MR) is 78.8 cm³/mol. The summed E-state index contributed by atoms with van der Waals surface area (Å²) >= 11 is 0. The van der Waals surface area contributed by atoms with E-state index in [9.17, 15) is 18.7 Å². The molecule has 0 saturated carbocycles. The zero-order chi connectivity index (χ0) is 16.1. The molecule has 2 N–H and O–H groups in total. The van der Waals surface area contributed by atoms with Crippen molar-refractivity contribution in [1.29, 1.82) is 0 Å². The van der Waals surface area contributed by atoms with Crippen LogP contribution < -0.4 is 5.43 Å². The van der Waals surface area contributed by atoms with E-state index in [1.807, 2.05) is 0 Å². The third-order valence-corrected chi connectivity index (χ3v) is 3.02. The number of phenolic OH excluding ortho intramolecular Hbond substituents is 1. The van der Waals surface area contributed by atoms with E-state index in [2.05, 4.69) is 10.5 Å². The molecule has 2 aromatic carbocycles. The number of benzene rings is 2. The van der Waals surface area contributed by atoms with Gasteiger partial charge in [0.25, 0.3) is 5.91 Å². The topological polar surface area (TPSA) is 61.7 Å². The summed E-state index contributed by atoms with van der Waals surface area (Å²) < 4.78 is 26.7. The number of aromatic hydroxyl groups is 1. The van der Waals surface area contributed by atoms with Crippen LogP contribution in [0.4, 0.5) is 8.78 Å². The monoisotopic (exact) mass is 304 g/mol. The van der Waals surface area contributed by atoms with Gasteiger partial charge in [-0.25, -0.2) is 14.2 Å². The Morgan fingerprint density at radius 2 is 1.91 bits per heavy atom. The van der Waals surface area contributed by atoms with Crippen LogP contribution in [-0.2, 0) is 0 Å². The normalized spacial score (nSPS) is 11.3. The van der Waals surface area contributed by atoms with Crippen molar-refractivity contribution in [3.05, 3.63) is 65.2 Å². The molecule has 0 radical (unpaired) electrons. The average molecular weight is 304 g/mol. The molecule has 114 valence electrons. The maximum Gasteiger partial charge on any atom is 0.274 e. The summed E-state index contributed by atoms with van der Waals surface area (Å²) in [6, 6.07) is 8.92. The van der Waals surface area contributed by atoms with Gasteiger partial charge in [0.2, 0.25) is 0 Å². The minimum Gasteiger partial charge on any atom is -0.507 e. The molecule has 2 rings (SSSR count). The van der Waals surface area contributed by atoms with E-state index < -0.39 is 17.5 Å². The number of phenols is 1. The van der Waals surface area contributed by atoms with E-state index in [-0.39, 0.29) is 22.6 Å². The van der Waals surface area contributed by atoms with Gasteiger partial charge < -0.3 is 5.11 Å². The first-order chi connectivity index (χ1) is 10.5. The molecular formula is C16H14F2N2O2. The zero-order valence-electron chi connectivity index (χ0n) is 11.8. The van der Waals surface area contributed by atoms with Crippen molar-refractivity contribution < 1.29 is 18.7 Å². The van der Waals surface area contributed by atoms with Crippen molar-refractivity contribution in [2.75, 3.05) is 0 Å². The Hall–Kier alpha value is -2.76. The van der Waals surface area contributed by atoms with Crippen LogP contribution in [0.2, 0.25) is 0 Å². The molecule has 1 amide bonds. The van der Waals surface area contributed by atoms with Gasteiger partial charge in [0.15, 0.2) is 0 Å². The van der Waals surface area contributed by atoms with Crippen LogP contribution in [0.5, 0.6) is 5.75 Å². The Morgan fingerprint density at radius 3 is 2.59 bits per heavy atom. The molecule has 0 spiro atoms. The highest BCUT2D eigenvalue weighted by Gasteiger charge is 2.12. The van der Waals surface area contributed by atoms with E-state index in [0.717, 1.165) is 18.2 Å². The minimum atomic E-state index is -0.722. The Kier molecular flexibility index (Phi) is 4.83. The van der Waals surface area contributed by atoms with Crippen molar-refractivity contribution in [3.8, 4) is 5.75 Å². The molecule has 4 nitrogen and oxygen atoms in total. The highest BCUT2D eigenvalue weighted by Crippen LogP contribution is 2.20. The summed E-state index contributed by atoms with van der Waals surface area (Å²) in [7, 11) is 0. The SMILES string of the molecule is CC/C(=N\NC(=O)c1ccccc1F)c1cc(F)ccc1O. The van der Waals surface area contributed by atoms with Gasteiger partial charge in [-0.2, -0.15) is 5.10 Å². The molecular weight excluding hydrogens is 290 g/mol. The lowest BCUT2D eigenvalue weighted by Crippen LogP contribution is -2.21. The Bertz CT molecular complexity index is 730. The van der Waals surface area contributed by atoms with Crippen LogP contribution in [-0.4, -0.2) is 16.7 Å². The summed E-state index contributed by atoms with van der Waals surface area (Å²) in [6.07, 6.45) is 0.342. The lowest BCUT2D eigenvalue weighted by molar-refractivity contribution is 0.0950. The second-order valence-corrected chi connectivity index (χ2v) is 4.49. The second-order valence-electron chi connectivity index (χ2n) is 4.49. The molecule has 0 aliphatic heterocycles. The number of rotatable bonds is 4. The van der Waals surface area contributed by atoms with Crippen LogP contribution in [0.25, 0.3) is 0 Å². The minimum absolute atomic E-state index is 0.148. The van der Waals surface area contributed by atoms with Gasteiger partial charge in [-0.15, -0.1) is 0 Å². The maximum absolute atomic E-state index is 13.5. The molecule has 22 heavy (non-hydrogen) atoms. The van der Waals surface area contributed by atoms with Gasteiger partial charge in [0.05, 0.1) is 11.3 Å². The van der Waals surface area contributed by atoms with Crippen LogP contribution in [0.15, 0.2) is 47.6 Å². The van der Waals surface area contributed by atoms with Crippen molar-refractivity contribution >= 4 is 11.6 Å². The number of carbonyl (C=O) groups excluding carboxylic acids is 1. The summed E-state index contributed by atoms with van der Waals surface area (Å²) in [5.41, 5.74) is 2.52. The molecule has 0 aliphatic carbocycles. The first-order valence-electron chi connectivity index (χ1n) is 6.63. The van der Waals surface area contributed by atoms with E-state index in [1.165, 1.54) is 24.3 Å². The van der Waals surface area contributed by atoms with Gasteiger partial charge in [0.1, 0.15) is 17.4 Å². The number of nitrogens with one attached hydrogen (secondary N) is 1. The lowest BCUT2D eigenvalue weighted by Gasteiger charge is -2.08. The molecule has 0 saturated heterocycles. The van der Waals surface area contributed by atoms with Crippen LogP contribution in [0.3, 0.4) is 0 Å². The summed E-state index contributed by atoms with van der Waals surface area (Å²) in [6.45, 7) is 1.73. The molecule has 0 atom stereocenters. The smallest absolute Gasteiger partial charge is 0.274 e. The number of hydrogen-bond donors (Lipinski definition) is 2. The number of hydrazone groups is 1. The lowest BCUT2D eigenvalue weighted by atomic mass is 10.1. The first-order valence-corrected chi connectivity index (χ1v) is 6.63. The third kappa shape index (κ3) is 3.46.